The lowest BCUT2D eigenvalue weighted by molar-refractivity contribution is 0.350. The van der Waals surface area contributed by atoms with Gasteiger partial charge in [-0.3, -0.25) is 0 Å². The molecule has 1 saturated heterocycles. The van der Waals surface area contributed by atoms with Crippen molar-refractivity contribution in [1.82, 2.24) is 25.5 Å². The fourth-order valence-electron chi connectivity index (χ4n) is 3.98. The summed E-state index contributed by atoms with van der Waals surface area (Å²) in [6.45, 7) is 1.96. The SMILES string of the molecule is Cn1nnnc1N1CCC(NC2CC=C(c3ccc(F)cc3)CC2)CC1. The largest absolute Gasteiger partial charge is 0.340 e. The van der Waals surface area contributed by atoms with E-state index in [4.69, 9.17) is 0 Å². The number of piperidine rings is 1. The predicted octanol–water partition coefficient (Wildman–Crippen LogP) is 2.54. The normalized spacial score (nSPS) is 21.7. The fourth-order valence-corrected chi connectivity index (χ4v) is 3.98. The fraction of sp³-hybridized carbons (Fsp3) is 0.526. The lowest BCUT2D eigenvalue weighted by atomic mass is 9.90. The van der Waals surface area contributed by atoms with Gasteiger partial charge in [-0.1, -0.05) is 23.3 Å². The van der Waals surface area contributed by atoms with Crippen molar-refractivity contribution in [1.29, 1.82) is 0 Å². The van der Waals surface area contributed by atoms with Crippen LogP contribution in [0.3, 0.4) is 0 Å². The smallest absolute Gasteiger partial charge is 0.245 e. The topological polar surface area (TPSA) is 58.9 Å². The Kier molecular flexibility index (Phi) is 4.97. The van der Waals surface area contributed by atoms with E-state index in [0.717, 1.165) is 56.7 Å². The Labute approximate surface area is 153 Å². The summed E-state index contributed by atoms with van der Waals surface area (Å²) >= 11 is 0. The van der Waals surface area contributed by atoms with Crippen LogP contribution in [0, 0.1) is 5.82 Å². The van der Waals surface area contributed by atoms with Gasteiger partial charge in [0.2, 0.25) is 5.95 Å². The van der Waals surface area contributed by atoms with Gasteiger partial charge in [0.15, 0.2) is 0 Å². The van der Waals surface area contributed by atoms with Gasteiger partial charge in [0.1, 0.15) is 5.82 Å². The molecule has 2 aliphatic rings. The molecule has 1 unspecified atom stereocenters. The highest BCUT2D eigenvalue weighted by Crippen LogP contribution is 2.28. The Morgan fingerprint density at radius 3 is 2.46 bits per heavy atom. The van der Waals surface area contributed by atoms with Gasteiger partial charge in [-0.05, 0) is 65.8 Å². The van der Waals surface area contributed by atoms with Crippen molar-refractivity contribution in [2.75, 3.05) is 18.0 Å². The third-order valence-electron chi connectivity index (χ3n) is 5.47. The number of allylic oxidation sites excluding steroid dienone is 1. The van der Waals surface area contributed by atoms with Gasteiger partial charge < -0.3 is 10.2 Å². The first kappa shape index (κ1) is 17.1. The molecule has 1 fully saturated rings. The van der Waals surface area contributed by atoms with Crippen LogP contribution < -0.4 is 10.2 Å². The molecule has 138 valence electrons. The van der Waals surface area contributed by atoms with Crippen molar-refractivity contribution in [3.05, 3.63) is 41.7 Å². The number of nitrogens with one attached hydrogen (secondary N) is 1. The second-order valence-corrected chi connectivity index (χ2v) is 7.24. The minimum absolute atomic E-state index is 0.173. The Balaban J connectivity index is 1.27. The van der Waals surface area contributed by atoms with Crippen molar-refractivity contribution >= 4 is 11.5 Å². The molecule has 2 aromatic rings. The average molecular weight is 356 g/mol. The second kappa shape index (κ2) is 7.53. The van der Waals surface area contributed by atoms with Gasteiger partial charge in [0.05, 0.1) is 0 Å². The number of nitrogens with zero attached hydrogens (tertiary/aromatic N) is 5. The maximum absolute atomic E-state index is 13.1. The molecular weight excluding hydrogens is 331 g/mol. The molecule has 0 bridgehead atoms. The number of anilines is 1. The first-order valence-corrected chi connectivity index (χ1v) is 9.37. The van der Waals surface area contributed by atoms with Crippen LogP contribution in [-0.2, 0) is 7.05 Å². The van der Waals surface area contributed by atoms with Crippen LogP contribution >= 0.6 is 0 Å². The van der Waals surface area contributed by atoms with Crippen LogP contribution in [0.2, 0.25) is 0 Å². The third-order valence-corrected chi connectivity index (χ3v) is 5.47. The van der Waals surface area contributed by atoms with Gasteiger partial charge in [-0.2, -0.15) is 0 Å². The number of halogens is 1. The monoisotopic (exact) mass is 356 g/mol. The standard InChI is InChI=1S/C19H25FN6/c1-25-19(22-23-24-25)26-12-10-18(11-13-26)21-17-8-4-15(5-9-17)14-2-6-16(20)7-3-14/h2-4,6-7,17-18,21H,5,8-13H2,1H3. The van der Waals surface area contributed by atoms with Crippen LogP contribution in [0.15, 0.2) is 30.3 Å². The molecule has 26 heavy (non-hydrogen) atoms. The van der Waals surface area contributed by atoms with E-state index in [-0.39, 0.29) is 5.82 Å². The average Bonchev–Trinajstić information content (AvgIpc) is 3.10. The number of hydrogen-bond acceptors (Lipinski definition) is 5. The summed E-state index contributed by atoms with van der Waals surface area (Å²) in [5.74, 6) is 0.682. The van der Waals surface area contributed by atoms with Crippen LogP contribution in [0.1, 0.15) is 37.7 Å². The summed E-state index contributed by atoms with van der Waals surface area (Å²) in [6, 6.07) is 7.94. The van der Waals surface area contributed by atoms with Crippen LogP contribution in [0.25, 0.3) is 5.57 Å². The van der Waals surface area contributed by atoms with E-state index < -0.39 is 0 Å². The molecule has 0 amide bonds. The van der Waals surface area contributed by atoms with E-state index in [1.807, 2.05) is 19.2 Å². The van der Waals surface area contributed by atoms with Crippen molar-refractivity contribution < 1.29 is 4.39 Å². The quantitative estimate of drug-likeness (QED) is 0.912. The maximum Gasteiger partial charge on any atom is 0.245 e. The molecular formula is C19H25FN6. The molecule has 1 aliphatic heterocycles. The zero-order valence-corrected chi connectivity index (χ0v) is 15.1. The van der Waals surface area contributed by atoms with E-state index in [2.05, 4.69) is 31.8 Å². The van der Waals surface area contributed by atoms with Gasteiger partial charge in [0.25, 0.3) is 0 Å². The molecule has 1 N–H and O–H groups in total. The van der Waals surface area contributed by atoms with Gasteiger partial charge in [0, 0.05) is 32.2 Å². The molecule has 0 saturated carbocycles. The highest BCUT2D eigenvalue weighted by molar-refractivity contribution is 5.66. The Hall–Kier alpha value is -2.28. The molecule has 1 aromatic carbocycles. The van der Waals surface area contributed by atoms with Crippen molar-refractivity contribution in [3.8, 4) is 0 Å². The summed E-state index contributed by atoms with van der Waals surface area (Å²) in [7, 11) is 1.88. The van der Waals surface area contributed by atoms with Gasteiger partial charge in [-0.25, -0.2) is 9.07 Å². The lowest BCUT2D eigenvalue weighted by Crippen LogP contribution is -2.47. The van der Waals surface area contributed by atoms with Gasteiger partial charge >= 0.3 is 0 Å². The zero-order chi connectivity index (χ0) is 17.9. The summed E-state index contributed by atoms with van der Waals surface area (Å²) in [5.41, 5.74) is 2.49. The van der Waals surface area contributed by atoms with Crippen LogP contribution in [0.4, 0.5) is 10.3 Å². The number of hydrogen-bond donors (Lipinski definition) is 1. The molecule has 0 spiro atoms. The summed E-state index contributed by atoms with van der Waals surface area (Å²) in [4.78, 5) is 2.26. The maximum atomic E-state index is 13.1. The van der Waals surface area contributed by atoms with E-state index in [1.54, 1.807) is 16.8 Å². The third kappa shape index (κ3) is 3.77. The Bertz CT molecular complexity index is 761. The van der Waals surface area contributed by atoms with E-state index in [9.17, 15) is 4.39 Å². The molecule has 6 nitrogen and oxygen atoms in total. The summed E-state index contributed by atoms with van der Waals surface area (Å²) in [6.07, 6.45) is 7.76. The number of aromatic nitrogens is 4. The van der Waals surface area contributed by atoms with E-state index in [1.165, 1.54) is 5.57 Å². The Morgan fingerprint density at radius 1 is 1.08 bits per heavy atom. The summed E-state index contributed by atoms with van der Waals surface area (Å²) in [5, 5.41) is 15.6. The molecule has 1 aliphatic carbocycles. The lowest BCUT2D eigenvalue weighted by Gasteiger charge is -2.35. The van der Waals surface area contributed by atoms with E-state index in [0.29, 0.717) is 12.1 Å². The second-order valence-electron chi connectivity index (χ2n) is 7.24. The Morgan fingerprint density at radius 2 is 1.85 bits per heavy atom. The summed E-state index contributed by atoms with van der Waals surface area (Å²) < 4.78 is 14.8. The molecule has 2 heterocycles. The minimum Gasteiger partial charge on any atom is -0.340 e. The number of aryl methyl sites for hydroxylation is 1. The van der Waals surface area contributed by atoms with Crippen molar-refractivity contribution in [3.63, 3.8) is 0 Å². The first-order valence-electron chi connectivity index (χ1n) is 9.37. The van der Waals surface area contributed by atoms with E-state index >= 15 is 0 Å². The van der Waals surface area contributed by atoms with Gasteiger partial charge in [-0.15, -0.1) is 0 Å². The molecule has 7 heteroatoms. The van der Waals surface area contributed by atoms with Crippen molar-refractivity contribution in [2.24, 2.45) is 7.05 Å². The van der Waals surface area contributed by atoms with Crippen LogP contribution in [-0.4, -0.2) is 45.4 Å². The highest BCUT2D eigenvalue weighted by Gasteiger charge is 2.25. The highest BCUT2D eigenvalue weighted by atomic mass is 19.1. The van der Waals surface area contributed by atoms with Crippen molar-refractivity contribution in [2.45, 2.75) is 44.2 Å². The number of tetrazole rings is 1. The predicted molar refractivity (Wildman–Crippen MR) is 99.2 cm³/mol. The minimum atomic E-state index is -0.173. The first-order chi connectivity index (χ1) is 12.7. The zero-order valence-electron chi connectivity index (χ0n) is 15.1. The molecule has 4 rings (SSSR count). The number of benzene rings is 1. The molecule has 1 atom stereocenters. The molecule has 0 radical (unpaired) electrons. The van der Waals surface area contributed by atoms with Crippen LogP contribution in [0.5, 0.6) is 0 Å². The molecule has 1 aromatic heterocycles. The number of rotatable bonds is 4.